The summed E-state index contributed by atoms with van der Waals surface area (Å²) in [6.45, 7) is 1.63. The molecule has 1 aromatic rings. The molecular weight excluding hydrogens is 214 g/mol. The van der Waals surface area contributed by atoms with Gasteiger partial charge < -0.3 is 14.8 Å². The van der Waals surface area contributed by atoms with E-state index in [0.717, 1.165) is 36.1 Å². The Morgan fingerprint density at radius 1 is 1.35 bits per heavy atom. The largest absolute Gasteiger partial charge is 0.497 e. The third kappa shape index (κ3) is 3.63. The number of ether oxygens (including phenoxy) is 2. The zero-order valence-electron chi connectivity index (χ0n) is 10.7. The quantitative estimate of drug-likeness (QED) is 0.788. The summed E-state index contributed by atoms with van der Waals surface area (Å²) >= 11 is 0. The third-order valence-electron chi connectivity index (χ3n) is 3.12. The highest BCUT2D eigenvalue weighted by molar-refractivity contribution is 5.40. The summed E-state index contributed by atoms with van der Waals surface area (Å²) in [4.78, 5) is 0. The predicted octanol–water partition coefficient (Wildman–Crippen LogP) is 2.59. The lowest BCUT2D eigenvalue weighted by Crippen LogP contribution is -2.08. The minimum absolute atomic E-state index is 0.802. The van der Waals surface area contributed by atoms with E-state index in [-0.39, 0.29) is 0 Å². The van der Waals surface area contributed by atoms with Crippen molar-refractivity contribution in [3.05, 3.63) is 23.8 Å². The number of rotatable bonds is 7. The van der Waals surface area contributed by atoms with E-state index in [1.54, 1.807) is 7.11 Å². The molecule has 1 aliphatic carbocycles. The van der Waals surface area contributed by atoms with E-state index in [0.29, 0.717) is 0 Å². The molecule has 1 aromatic carbocycles. The molecule has 0 aliphatic heterocycles. The minimum Gasteiger partial charge on any atom is -0.497 e. The van der Waals surface area contributed by atoms with Crippen molar-refractivity contribution in [1.82, 2.24) is 5.32 Å². The zero-order valence-corrected chi connectivity index (χ0v) is 10.7. The molecule has 0 spiro atoms. The van der Waals surface area contributed by atoms with Crippen LogP contribution >= 0.6 is 0 Å². The lowest BCUT2D eigenvalue weighted by Gasteiger charge is -2.12. The van der Waals surface area contributed by atoms with Crippen LogP contribution in [0.25, 0.3) is 0 Å². The number of hydrogen-bond donors (Lipinski definition) is 1. The van der Waals surface area contributed by atoms with Crippen molar-refractivity contribution in [3.63, 3.8) is 0 Å². The SMILES string of the molecule is CNCc1cc(OC)ccc1OCCC1CC1. The number of methoxy groups -OCH3 is 1. The average Bonchev–Trinajstić information content (AvgIpc) is 3.15. The zero-order chi connectivity index (χ0) is 12.1. The third-order valence-corrected chi connectivity index (χ3v) is 3.12. The van der Waals surface area contributed by atoms with Crippen LogP contribution in [0.3, 0.4) is 0 Å². The Hall–Kier alpha value is -1.22. The average molecular weight is 235 g/mol. The van der Waals surface area contributed by atoms with Crippen LogP contribution in [0.15, 0.2) is 18.2 Å². The van der Waals surface area contributed by atoms with E-state index in [4.69, 9.17) is 9.47 Å². The summed E-state index contributed by atoms with van der Waals surface area (Å²) in [7, 11) is 3.62. The van der Waals surface area contributed by atoms with Crippen molar-refractivity contribution < 1.29 is 9.47 Å². The van der Waals surface area contributed by atoms with E-state index in [1.807, 2.05) is 25.2 Å². The molecule has 2 rings (SSSR count). The van der Waals surface area contributed by atoms with Crippen molar-refractivity contribution in [2.24, 2.45) is 5.92 Å². The Morgan fingerprint density at radius 2 is 2.18 bits per heavy atom. The molecule has 3 nitrogen and oxygen atoms in total. The van der Waals surface area contributed by atoms with Crippen LogP contribution in [-0.2, 0) is 6.54 Å². The second kappa shape index (κ2) is 5.92. The van der Waals surface area contributed by atoms with E-state index in [2.05, 4.69) is 5.32 Å². The molecule has 94 valence electrons. The number of nitrogens with one attached hydrogen (secondary N) is 1. The summed E-state index contributed by atoms with van der Waals surface area (Å²) < 4.78 is 11.1. The normalized spacial score (nSPS) is 14.7. The number of benzene rings is 1. The first-order valence-corrected chi connectivity index (χ1v) is 6.28. The molecule has 17 heavy (non-hydrogen) atoms. The molecule has 1 N–H and O–H groups in total. The van der Waals surface area contributed by atoms with Gasteiger partial charge >= 0.3 is 0 Å². The second-order valence-corrected chi connectivity index (χ2v) is 4.58. The first-order chi connectivity index (χ1) is 8.33. The summed E-state index contributed by atoms with van der Waals surface area (Å²) in [5.41, 5.74) is 1.16. The maximum Gasteiger partial charge on any atom is 0.124 e. The molecule has 0 heterocycles. The summed E-state index contributed by atoms with van der Waals surface area (Å²) in [6, 6.07) is 5.98. The van der Waals surface area contributed by atoms with Gasteiger partial charge in [0.05, 0.1) is 13.7 Å². The smallest absolute Gasteiger partial charge is 0.124 e. The maximum absolute atomic E-state index is 5.84. The van der Waals surface area contributed by atoms with Crippen molar-refractivity contribution in [3.8, 4) is 11.5 Å². The van der Waals surface area contributed by atoms with Gasteiger partial charge in [0.2, 0.25) is 0 Å². The molecule has 0 radical (unpaired) electrons. The molecular formula is C14H21NO2. The van der Waals surface area contributed by atoms with Crippen LogP contribution in [0.4, 0.5) is 0 Å². The van der Waals surface area contributed by atoms with E-state index >= 15 is 0 Å². The van der Waals surface area contributed by atoms with E-state index < -0.39 is 0 Å². The Balaban J connectivity index is 1.96. The molecule has 1 aliphatic rings. The van der Waals surface area contributed by atoms with Crippen LogP contribution in [0.5, 0.6) is 11.5 Å². The van der Waals surface area contributed by atoms with Gasteiger partial charge in [0.15, 0.2) is 0 Å². The monoisotopic (exact) mass is 235 g/mol. The molecule has 0 amide bonds. The van der Waals surface area contributed by atoms with Gasteiger partial charge in [0, 0.05) is 12.1 Å². The molecule has 0 aromatic heterocycles. The molecule has 1 fully saturated rings. The Kier molecular flexibility index (Phi) is 4.26. The molecule has 0 atom stereocenters. The Morgan fingerprint density at radius 3 is 2.82 bits per heavy atom. The summed E-state index contributed by atoms with van der Waals surface area (Å²) in [6.07, 6.45) is 3.95. The van der Waals surface area contributed by atoms with Gasteiger partial charge in [-0.3, -0.25) is 0 Å². The standard InChI is InChI=1S/C14H21NO2/c1-15-10-12-9-13(16-2)5-6-14(12)17-8-7-11-3-4-11/h5-6,9,11,15H,3-4,7-8,10H2,1-2H3. The highest BCUT2D eigenvalue weighted by atomic mass is 16.5. The van der Waals surface area contributed by atoms with Crippen molar-refractivity contribution in [2.75, 3.05) is 20.8 Å². The van der Waals surface area contributed by atoms with Gasteiger partial charge in [0.1, 0.15) is 11.5 Å². The van der Waals surface area contributed by atoms with Crippen molar-refractivity contribution in [2.45, 2.75) is 25.8 Å². The van der Waals surface area contributed by atoms with Crippen LogP contribution in [0.2, 0.25) is 0 Å². The molecule has 0 unspecified atom stereocenters. The van der Waals surface area contributed by atoms with Gasteiger partial charge in [-0.25, -0.2) is 0 Å². The lowest BCUT2D eigenvalue weighted by molar-refractivity contribution is 0.298. The van der Waals surface area contributed by atoms with Crippen LogP contribution in [0, 0.1) is 5.92 Å². The molecule has 3 heteroatoms. The van der Waals surface area contributed by atoms with E-state index in [9.17, 15) is 0 Å². The molecule has 1 saturated carbocycles. The molecule has 0 bridgehead atoms. The predicted molar refractivity (Wildman–Crippen MR) is 68.6 cm³/mol. The van der Waals surface area contributed by atoms with E-state index in [1.165, 1.54) is 19.3 Å². The molecule has 0 saturated heterocycles. The minimum atomic E-state index is 0.802. The van der Waals surface area contributed by atoms with Crippen molar-refractivity contribution in [1.29, 1.82) is 0 Å². The van der Waals surface area contributed by atoms with Crippen molar-refractivity contribution >= 4 is 0 Å². The van der Waals surface area contributed by atoms with Gasteiger partial charge in [-0.2, -0.15) is 0 Å². The van der Waals surface area contributed by atoms with Crippen LogP contribution in [-0.4, -0.2) is 20.8 Å². The summed E-state index contributed by atoms with van der Waals surface area (Å²) in [5, 5.41) is 3.15. The lowest BCUT2D eigenvalue weighted by atomic mass is 10.2. The highest BCUT2D eigenvalue weighted by Crippen LogP contribution is 2.32. The Labute approximate surface area is 103 Å². The highest BCUT2D eigenvalue weighted by Gasteiger charge is 2.20. The van der Waals surface area contributed by atoms with Crippen LogP contribution < -0.4 is 14.8 Å². The first-order valence-electron chi connectivity index (χ1n) is 6.28. The van der Waals surface area contributed by atoms with Gasteiger partial charge in [0.25, 0.3) is 0 Å². The fourth-order valence-electron chi connectivity index (χ4n) is 1.89. The van der Waals surface area contributed by atoms with Crippen LogP contribution in [0.1, 0.15) is 24.8 Å². The Bertz CT molecular complexity index is 361. The maximum atomic E-state index is 5.84. The summed E-state index contributed by atoms with van der Waals surface area (Å²) in [5.74, 6) is 2.77. The van der Waals surface area contributed by atoms with Gasteiger partial charge in [-0.15, -0.1) is 0 Å². The topological polar surface area (TPSA) is 30.5 Å². The van der Waals surface area contributed by atoms with Gasteiger partial charge in [-0.05, 0) is 37.6 Å². The fourth-order valence-corrected chi connectivity index (χ4v) is 1.89. The number of hydrogen-bond acceptors (Lipinski definition) is 3. The van der Waals surface area contributed by atoms with Gasteiger partial charge in [-0.1, -0.05) is 12.8 Å². The first kappa shape index (κ1) is 12.2. The fraction of sp³-hybridized carbons (Fsp3) is 0.571. The second-order valence-electron chi connectivity index (χ2n) is 4.58.